The number of ether oxygens (including phenoxy) is 4. The molecular formula is C44H48N8O7. The Morgan fingerprint density at radius 1 is 0.695 bits per heavy atom. The second-order valence-electron chi connectivity index (χ2n) is 14.3. The van der Waals surface area contributed by atoms with Crippen molar-refractivity contribution < 1.29 is 33.7 Å². The number of benzene rings is 4. The zero-order valence-corrected chi connectivity index (χ0v) is 33.9. The van der Waals surface area contributed by atoms with Gasteiger partial charge in [0.15, 0.2) is 24.8 Å². The number of fused-ring (bicyclic) bond motifs is 6. The largest absolute Gasteiger partial charge is 0.494 e. The number of nitrogens with zero attached hydrogens (tertiary/aromatic N) is 4. The number of amides is 2. The fourth-order valence-electron chi connectivity index (χ4n) is 7.52. The molecule has 2 heterocycles. The van der Waals surface area contributed by atoms with Crippen molar-refractivity contribution in [1.82, 2.24) is 25.0 Å². The van der Waals surface area contributed by atoms with Crippen LogP contribution in [0.4, 0.5) is 23.0 Å². The minimum atomic E-state index is -0.600. The second-order valence-corrected chi connectivity index (χ2v) is 14.3. The summed E-state index contributed by atoms with van der Waals surface area (Å²) in [4.78, 5) is 22.4. The summed E-state index contributed by atoms with van der Waals surface area (Å²) in [6.07, 6.45) is 1.53. The molecule has 2 aliphatic carbocycles. The predicted octanol–water partition coefficient (Wildman–Crippen LogP) is 6.63. The highest BCUT2D eigenvalue weighted by Gasteiger charge is 2.29. The van der Waals surface area contributed by atoms with E-state index in [-0.39, 0.29) is 13.2 Å². The molecule has 15 nitrogen and oxygen atoms in total. The van der Waals surface area contributed by atoms with Crippen molar-refractivity contribution in [2.45, 2.75) is 40.5 Å². The molecular weight excluding hydrogens is 753 g/mol. The summed E-state index contributed by atoms with van der Waals surface area (Å²) < 4.78 is 26.1. The van der Waals surface area contributed by atoms with Gasteiger partial charge in [0, 0.05) is 72.7 Å². The van der Waals surface area contributed by atoms with Gasteiger partial charge in [-0.05, 0) is 86.3 Å². The Balaban J connectivity index is 0.000000179. The molecule has 15 heteroatoms. The zero-order valence-electron chi connectivity index (χ0n) is 33.9. The number of nitrogens with one attached hydrogen (secondary N) is 3. The predicted molar refractivity (Wildman–Crippen MR) is 224 cm³/mol. The Bertz CT molecular complexity index is 2540. The lowest BCUT2D eigenvalue weighted by atomic mass is 10.1. The molecule has 2 aromatic heterocycles. The summed E-state index contributed by atoms with van der Waals surface area (Å²) >= 11 is 0. The molecule has 2 amide bonds. The minimum Gasteiger partial charge on any atom is -0.494 e. The number of aryl methyl sites for hydroxylation is 4. The third-order valence-electron chi connectivity index (χ3n) is 10.0. The quantitative estimate of drug-likeness (QED) is 0.0587. The SMILES string of the molecule is CCOc1cccc(Nc2nn(C)c3c2Cc2cc(C)c(OCC(=O)NO)cc2-3)c1.CCOc1cccc(Nc2nn(C)c3c2Cc2cc(C)c(OCC(N)=O)cc2-3)c1. The molecule has 0 radical (unpaired) electrons. The summed E-state index contributed by atoms with van der Waals surface area (Å²) in [7, 11) is 3.84. The van der Waals surface area contributed by atoms with E-state index < -0.39 is 11.8 Å². The van der Waals surface area contributed by atoms with Crippen LogP contribution < -0.4 is 40.8 Å². The van der Waals surface area contributed by atoms with Crippen LogP contribution in [0.25, 0.3) is 22.5 Å². The molecule has 0 atom stereocenters. The number of hydrogen-bond acceptors (Lipinski definition) is 11. The molecule has 0 fully saturated rings. The van der Waals surface area contributed by atoms with Crippen molar-refractivity contribution in [1.29, 1.82) is 0 Å². The van der Waals surface area contributed by atoms with E-state index in [0.717, 1.165) is 92.1 Å². The van der Waals surface area contributed by atoms with Crippen molar-refractivity contribution in [3.05, 3.63) is 106 Å². The van der Waals surface area contributed by atoms with Crippen molar-refractivity contribution >= 4 is 34.8 Å². The van der Waals surface area contributed by atoms with Crippen LogP contribution in [0.15, 0.2) is 72.8 Å². The zero-order chi connectivity index (χ0) is 41.8. The Hall–Kier alpha value is -7.00. The Kier molecular flexibility index (Phi) is 11.7. The first-order valence-electron chi connectivity index (χ1n) is 19.3. The maximum atomic E-state index is 11.3. The van der Waals surface area contributed by atoms with Gasteiger partial charge in [-0.2, -0.15) is 10.2 Å². The highest BCUT2D eigenvalue weighted by molar-refractivity contribution is 5.83. The van der Waals surface area contributed by atoms with Crippen LogP contribution in [0.5, 0.6) is 23.0 Å². The number of aromatic nitrogens is 4. The molecule has 6 aromatic rings. The highest BCUT2D eigenvalue weighted by atomic mass is 16.5. The molecule has 0 unspecified atom stereocenters. The first-order chi connectivity index (χ1) is 28.5. The van der Waals surface area contributed by atoms with Gasteiger partial charge in [0.05, 0.1) is 24.6 Å². The third kappa shape index (κ3) is 8.65. The fourth-order valence-corrected chi connectivity index (χ4v) is 7.52. The monoisotopic (exact) mass is 800 g/mol. The van der Waals surface area contributed by atoms with Crippen LogP contribution in [-0.2, 0) is 36.5 Å². The Labute approximate surface area is 342 Å². The minimum absolute atomic E-state index is 0.138. The molecule has 0 bridgehead atoms. The molecule has 59 heavy (non-hydrogen) atoms. The lowest BCUT2D eigenvalue weighted by Gasteiger charge is -2.11. The first-order valence-corrected chi connectivity index (χ1v) is 19.3. The number of anilines is 4. The van der Waals surface area contributed by atoms with Gasteiger partial charge >= 0.3 is 0 Å². The number of rotatable bonds is 14. The smallest absolute Gasteiger partial charge is 0.281 e. The number of carbonyl (C=O) groups excluding carboxylic acids is 2. The topological polar surface area (TPSA) is 189 Å². The maximum Gasteiger partial charge on any atom is 0.281 e. The van der Waals surface area contributed by atoms with Crippen LogP contribution in [-0.4, -0.2) is 63.0 Å². The van der Waals surface area contributed by atoms with Gasteiger partial charge in [-0.1, -0.05) is 24.3 Å². The molecule has 0 saturated heterocycles. The Morgan fingerprint density at radius 3 is 1.58 bits per heavy atom. The molecule has 0 spiro atoms. The molecule has 0 saturated carbocycles. The van der Waals surface area contributed by atoms with E-state index in [1.165, 1.54) is 11.1 Å². The van der Waals surface area contributed by atoms with Crippen LogP contribution in [0.3, 0.4) is 0 Å². The van der Waals surface area contributed by atoms with Crippen LogP contribution >= 0.6 is 0 Å². The van der Waals surface area contributed by atoms with Crippen LogP contribution in [0, 0.1) is 13.8 Å². The van der Waals surface area contributed by atoms with Gasteiger partial charge in [0.1, 0.15) is 23.0 Å². The van der Waals surface area contributed by atoms with Crippen LogP contribution in [0.2, 0.25) is 0 Å². The van der Waals surface area contributed by atoms with E-state index in [0.29, 0.717) is 24.7 Å². The summed E-state index contributed by atoms with van der Waals surface area (Å²) in [5, 5.41) is 24.9. The summed E-state index contributed by atoms with van der Waals surface area (Å²) in [5.74, 6) is 3.43. The van der Waals surface area contributed by atoms with Gasteiger partial charge in [0.25, 0.3) is 11.8 Å². The lowest BCUT2D eigenvalue weighted by Crippen LogP contribution is -2.25. The van der Waals surface area contributed by atoms with E-state index >= 15 is 0 Å². The molecule has 8 rings (SSSR count). The second kappa shape index (κ2) is 17.2. The van der Waals surface area contributed by atoms with Crippen molar-refractivity contribution in [2.75, 3.05) is 37.1 Å². The normalized spacial score (nSPS) is 11.6. The van der Waals surface area contributed by atoms with E-state index in [4.69, 9.17) is 29.9 Å². The average Bonchev–Trinajstić information content (AvgIpc) is 3.93. The summed E-state index contributed by atoms with van der Waals surface area (Å²) in [5.41, 5.74) is 19.3. The van der Waals surface area contributed by atoms with Gasteiger partial charge in [-0.25, -0.2) is 5.48 Å². The Morgan fingerprint density at radius 2 is 1.15 bits per heavy atom. The molecule has 6 N–H and O–H groups in total. The van der Waals surface area contributed by atoms with Gasteiger partial charge in [-0.15, -0.1) is 0 Å². The van der Waals surface area contributed by atoms with E-state index in [1.54, 1.807) is 5.48 Å². The molecule has 306 valence electrons. The number of hydrogen-bond donors (Lipinski definition) is 5. The van der Waals surface area contributed by atoms with Gasteiger partial charge in [-0.3, -0.25) is 24.2 Å². The average molecular weight is 801 g/mol. The number of primary amides is 1. The van der Waals surface area contributed by atoms with Crippen molar-refractivity contribution in [3.63, 3.8) is 0 Å². The van der Waals surface area contributed by atoms with E-state index in [1.807, 2.05) is 112 Å². The van der Waals surface area contributed by atoms with Crippen molar-refractivity contribution in [2.24, 2.45) is 19.8 Å². The molecule has 0 aliphatic heterocycles. The van der Waals surface area contributed by atoms with E-state index in [9.17, 15) is 9.59 Å². The number of nitrogens with two attached hydrogens (primary N) is 1. The molecule has 2 aliphatic rings. The summed E-state index contributed by atoms with van der Waals surface area (Å²) in [6.45, 7) is 8.67. The number of carbonyl (C=O) groups is 2. The van der Waals surface area contributed by atoms with Gasteiger partial charge in [0.2, 0.25) is 0 Å². The maximum absolute atomic E-state index is 11.3. The van der Waals surface area contributed by atoms with Crippen molar-refractivity contribution in [3.8, 4) is 45.5 Å². The summed E-state index contributed by atoms with van der Waals surface area (Å²) in [6, 6.07) is 23.7. The van der Waals surface area contributed by atoms with Crippen LogP contribution in [0.1, 0.15) is 47.2 Å². The van der Waals surface area contributed by atoms with E-state index in [2.05, 4.69) is 33.0 Å². The lowest BCUT2D eigenvalue weighted by molar-refractivity contribution is -0.131. The van der Waals surface area contributed by atoms with Gasteiger partial charge < -0.3 is 35.3 Å². The highest BCUT2D eigenvalue weighted by Crippen LogP contribution is 2.45. The first kappa shape index (κ1) is 40.2. The fraction of sp³-hybridized carbons (Fsp3) is 0.273. The molecule has 4 aromatic carbocycles. The standard InChI is InChI=1S/C22H24N4O4.C22H24N4O3/c1-4-29-16-7-5-6-15(10-16)23-22-18-9-14-8-13(2)19(30-12-20(27)25-28)11-17(14)21(18)26(3)24-22;1-4-28-16-7-5-6-15(10-16)24-22-18-9-14-8-13(2)19(29-12-20(23)27)11-17(14)21(18)26(3)25-22/h5-8,10-11,28H,4,9,12H2,1-3H3,(H,23,24)(H,25,27);5-8,10-11H,4,9,12H2,1-3H3,(H2,23,27)(H,24,25). The number of hydroxylamine groups is 1. The third-order valence-corrected chi connectivity index (χ3v) is 10.0.